The Labute approximate surface area is 151 Å². The van der Waals surface area contributed by atoms with Crippen LogP contribution >= 0.6 is 0 Å². The second-order valence-corrected chi connectivity index (χ2v) is 6.94. The van der Waals surface area contributed by atoms with Crippen molar-refractivity contribution < 1.29 is 14.0 Å². The molecular formula is C18H22FN5O2. The molecule has 26 heavy (non-hydrogen) atoms. The summed E-state index contributed by atoms with van der Waals surface area (Å²) in [6.45, 7) is 5.16. The SMILES string of the molecule is CC(C)N1C(=O)N[C@@H]2CN(C(=O)NCc3ccc(C#N)c(F)c3)CC[C@@H]21. The molecule has 2 atom stereocenters. The average Bonchev–Trinajstić information content (AvgIpc) is 2.94. The highest BCUT2D eigenvalue weighted by atomic mass is 19.1. The Morgan fingerprint density at radius 1 is 1.50 bits per heavy atom. The minimum absolute atomic E-state index is 0.0196. The number of nitrogens with one attached hydrogen (secondary N) is 2. The maximum Gasteiger partial charge on any atom is 0.318 e. The Morgan fingerprint density at radius 3 is 2.92 bits per heavy atom. The lowest BCUT2D eigenvalue weighted by atomic mass is 9.99. The van der Waals surface area contributed by atoms with Crippen molar-refractivity contribution in [3.63, 3.8) is 0 Å². The fourth-order valence-corrected chi connectivity index (χ4v) is 3.65. The number of hydrogen-bond acceptors (Lipinski definition) is 3. The molecule has 0 spiro atoms. The minimum Gasteiger partial charge on any atom is -0.334 e. The monoisotopic (exact) mass is 359 g/mol. The highest BCUT2D eigenvalue weighted by Gasteiger charge is 2.44. The summed E-state index contributed by atoms with van der Waals surface area (Å²) in [6, 6.07) is 5.87. The molecule has 0 bridgehead atoms. The highest BCUT2D eigenvalue weighted by molar-refractivity contribution is 5.79. The first-order valence-electron chi connectivity index (χ1n) is 8.71. The van der Waals surface area contributed by atoms with Gasteiger partial charge in [-0.05, 0) is 38.0 Å². The van der Waals surface area contributed by atoms with Gasteiger partial charge in [-0.15, -0.1) is 0 Å². The third-order valence-corrected chi connectivity index (χ3v) is 4.92. The van der Waals surface area contributed by atoms with E-state index in [-0.39, 0.29) is 42.3 Å². The largest absolute Gasteiger partial charge is 0.334 e. The third-order valence-electron chi connectivity index (χ3n) is 4.92. The summed E-state index contributed by atoms with van der Waals surface area (Å²) < 4.78 is 13.6. The fourth-order valence-electron chi connectivity index (χ4n) is 3.65. The van der Waals surface area contributed by atoms with Crippen molar-refractivity contribution in [1.82, 2.24) is 20.4 Å². The first-order valence-corrected chi connectivity index (χ1v) is 8.71. The molecule has 0 aliphatic carbocycles. The second kappa shape index (κ2) is 7.20. The van der Waals surface area contributed by atoms with Crippen LogP contribution in [0.15, 0.2) is 18.2 Å². The number of halogens is 1. The molecule has 2 fully saturated rings. The van der Waals surface area contributed by atoms with E-state index in [9.17, 15) is 14.0 Å². The molecule has 1 aromatic rings. The number of carbonyl (C=O) groups excluding carboxylic acids is 2. The number of fused-ring (bicyclic) bond motifs is 1. The lowest BCUT2D eigenvalue weighted by Gasteiger charge is -2.37. The van der Waals surface area contributed by atoms with Crippen molar-refractivity contribution in [3.05, 3.63) is 35.1 Å². The number of piperidine rings is 1. The predicted molar refractivity (Wildman–Crippen MR) is 92.6 cm³/mol. The molecule has 3 rings (SSSR count). The van der Waals surface area contributed by atoms with Crippen LogP contribution in [0.2, 0.25) is 0 Å². The molecule has 2 aliphatic rings. The summed E-state index contributed by atoms with van der Waals surface area (Å²) in [5.74, 6) is -0.595. The summed E-state index contributed by atoms with van der Waals surface area (Å²) >= 11 is 0. The van der Waals surface area contributed by atoms with E-state index in [0.717, 1.165) is 6.42 Å². The standard InChI is InChI=1S/C18H22FN5O2/c1-11(2)24-16-5-6-23(10-15(16)22-18(24)26)17(25)21-9-12-3-4-13(8-20)14(19)7-12/h3-4,7,11,15-16H,5-6,9-10H2,1-2H3,(H,21,25)(H,22,26)/t15-,16+/m1/s1. The molecule has 2 saturated heterocycles. The molecule has 7 nitrogen and oxygen atoms in total. The summed E-state index contributed by atoms with van der Waals surface area (Å²) in [5, 5.41) is 14.5. The third kappa shape index (κ3) is 3.43. The molecule has 138 valence electrons. The minimum atomic E-state index is -0.595. The van der Waals surface area contributed by atoms with Gasteiger partial charge in [-0.25, -0.2) is 14.0 Å². The van der Waals surface area contributed by atoms with E-state index in [2.05, 4.69) is 10.6 Å². The van der Waals surface area contributed by atoms with Crippen LogP contribution in [0.3, 0.4) is 0 Å². The van der Waals surface area contributed by atoms with Crippen molar-refractivity contribution in [2.24, 2.45) is 0 Å². The normalized spacial score (nSPS) is 22.0. The van der Waals surface area contributed by atoms with Gasteiger partial charge in [0.25, 0.3) is 0 Å². The Morgan fingerprint density at radius 2 is 2.27 bits per heavy atom. The molecule has 1 aromatic carbocycles. The average molecular weight is 359 g/mol. The molecule has 2 heterocycles. The van der Waals surface area contributed by atoms with Crippen LogP contribution in [-0.4, -0.2) is 53.1 Å². The zero-order chi connectivity index (χ0) is 18.8. The zero-order valence-corrected chi connectivity index (χ0v) is 14.8. The van der Waals surface area contributed by atoms with Gasteiger partial charge in [0.2, 0.25) is 0 Å². The fraction of sp³-hybridized carbons (Fsp3) is 0.500. The number of rotatable bonds is 3. The van der Waals surface area contributed by atoms with Crippen LogP contribution in [-0.2, 0) is 6.54 Å². The molecule has 0 aromatic heterocycles. The molecule has 0 unspecified atom stereocenters. The lowest BCUT2D eigenvalue weighted by molar-refractivity contribution is 0.133. The van der Waals surface area contributed by atoms with Crippen molar-refractivity contribution in [3.8, 4) is 6.07 Å². The maximum atomic E-state index is 13.6. The van der Waals surface area contributed by atoms with E-state index in [1.807, 2.05) is 18.7 Å². The Bertz CT molecular complexity index is 760. The van der Waals surface area contributed by atoms with Crippen molar-refractivity contribution in [1.29, 1.82) is 5.26 Å². The molecular weight excluding hydrogens is 337 g/mol. The number of nitrogens with zero attached hydrogens (tertiary/aromatic N) is 3. The van der Waals surface area contributed by atoms with Gasteiger partial charge in [0.15, 0.2) is 0 Å². The van der Waals surface area contributed by atoms with E-state index >= 15 is 0 Å². The molecule has 2 N–H and O–H groups in total. The van der Waals surface area contributed by atoms with E-state index in [1.165, 1.54) is 12.1 Å². The molecule has 0 radical (unpaired) electrons. The summed E-state index contributed by atoms with van der Waals surface area (Å²) in [5.41, 5.74) is 0.568. The molecule has 2 aliphatic heterocycles. The van der Waals surface area contributed by atoms with Gasteiger partial charge < -0.3 is 20.4 Å². The van der Waals surface area contributed by atoms with Crippen LogP contribution in [0.5, 0.6) is 0 Å². The van der Waals surface area contributed by atoms with Gasteiger partial charge in [-0.2, -0.15) is 5.26 Å². The first-order chi connectivity index (χ1) is 12.4. The van der Waals surface area contributed by atoms with Crippen molar-refractivity contribution in [2.75, 3.05) is 13.1 Å². The Hall–Kier alpha value is -2.82. The van der Waals surface area contributed by atoms with Gasteiger partial charge in [-0.1, -0.05) is 6.07 Å². The van der Waals surface area contributed by atoms with Crippen LogP contribution in [0.4, 0.5) is 14.0 Å². The van der Waals surface area contributed by atoms with Gasteiger partial charge in [0.05, 0.1) is 17.6 Å². The topological polar surface area (TPSA) is 88.5 Å². The number of urea groups is 2. The Kier molecular flexibility index (Phi) is 4.98. The predicted octanol–water partition coefficient (Wildman–Crippen LogP) is 1.78. The van der Waals surface area contributed by atoms with Crippen molar-refractivity contribution >= 4 is 12.1 Å². The van der Waals surface area contributed by atoms with E-state index in [1.54, 1.807) is 17.0 Å². The number of hydrogen-bond donors (Lipinski definition) is 2. The number of amides is 4. The van der Waals surface area contributed by atoms with Crippen LogP contribution in [0.1, 0.15) is 31.4 Å². The smallest absolute Gasteiger partial charge is 0.318 e. The van der Waals surface area contributed by atoms with Crippen LogP contribution in [0.25, 0.3) is 0 Å². The van der Waals surface area contributed by atoms with Gasteiger partial charge in [0, 0.05) is 25.7 Å². The Balaban J connectivity index is 1.56. The zero-order valence-electron chi connectivity index (χ0n) is 14.8. The molecule has 0 saturated carbocycles. The number of carbonyl (C=O) groups is 2. The summed E-state index contributed by atoms with van der Waals surface area (Å²) in [4.78, 5) is 28.0. The van der Waals surface area contributed by atoms with E-state index in [0.29, 0.717) is 18.7 Å². The van der Waals surface area contributed by atoms with Crippen molar-refractivity contribution in [2.45, 2.75) is 44.9 Å². The van der Waals surface area contributed by atoms with Crippen LogP contribution in [0, 0.1) is 17.1 Å². The quantitative estimate of drug-likeness (QED) is 0.862. The van der Waals surface area contributed by atoms with E-state index in [4.69, 9.17) is 5.26 Å². The first kappa shape index (κ1) is 18.0. The molecule has 4 amide bonds. The summed E-state index contributed by atoms with van der Waals surface area (Å²) in [7, 11) is 0. The number of benzene rings is 1. The summed E-state index contributed by atoms with van der Waals surface area (Å²) in [6.07, 6.45) is 0.723. The maximum absolute atomic E-state index is 13.6. The van der Waals surface area contributed by atoms with Gasteiger partial charge >= 0.3 is 12.1 Å². The van der Waals surface area contributed by atoms with Gasteiger partial charge in [-0.3, -0.25) is 0 Å². The van der Waals surface area contributed by atoms with Crippen LogP contribution < -0.4 is 10.6 Å². The number of likely N-dealkylation sites (tertiary alicyclic amines) is 1. The second-order valence-electron chi connectivity index (χ2n) is 6.94. The highest BCUT2D eigenvalue weighted by Crippen LogP contribution is 2.24. The van der Waals surface area contributed by atoms with Gasteiger partial charge in [0.1, 0.15) is 11.9 Å². The van der Waals surface area contributed by atoms with E-state index < -0.39 is 5.82 Å². The number of nitriles is 1. The molecule has 8 heteroatoms. The lowest BCUT2D eigenvalue weighted by Crippen LogP contribution is -2.55.